The van der Waals surface area contributed by atoms with Crippen LogP contribution >= 0.6 is 23.2 Å². The van der Waals surface area contributed by atoms with Crippen LogP contribution in [0.1, 0.15) is 20.3 Å². The Kier molecular flexibility index (Phi) is 4.68. The highest BCUT2D eigenvalue weighted by Gasteiger charge is 2.10. The zero-order valence-corrected chi connectivity index (χ0v) is 10.2. The number of rotatable bonds is 4. The van der Waals surface area contributed by atoms with E-state index in [1.54, 1.807) is 0 Å². The zero-order valence-electron chi connectivity index (χ0n) is 8.69. The molecular formula is C11H13Cl2FO. The molecule has 0 bridgehead atoms. The third-order valence-corrected chi connectivity index (χ3v) is 2.79. The summed E-state index contributed by atoms with van der Waals surface area (Å²) in [4.78, 5) is 0. The molecule has 0 aliphatic heterocycles. The normalized spacial score (nSPS) is 10.8. The Hall–Kier alpha value is -0.470. The van der Waals surface area contributed by atoms with Gasteiger partial charge in [-0.05, 0) is 24.5 Å². The molecule has 0 heterocycles. The summed E-state index contributed by atoms with van der Waals surface area (Å²) in [6, 6.07) is 2.74. The molecule has 84 valence electrons. The summed E-state index contributed by atoms with van der Waals surface area (Å²) < 4.78 is 18.3. The lowest BCUT2D eigenvalue weighted by Crippen LogP contribution is -2.02. The van der Waals surface area contributed by atoms with E-state index < -0.39 is 5.82 Å². The molecule has 1 aromatic carbocycles. The van der Waals surface area contributed by atoms with Gasteiger partial charge in [-0.1, -0.05) is 37.0 Å². The number of hydrogen-bond donors (Lipinski definition) is 0. The van der Waals surface area contributed by atoms with E-state index in [0.717, 1.165) is 6.42 Å². The van der Waals surface area contributed by atoms with Crippen LogP contribution < -0.4 is 4.74 Å². The van der Waals surface area contributed by atoms with Gasteiger partial charge in [-0.15, -0.1) is 0 Å². The van der Waals surface area contributed by atoms with Crippen LogP contribution in [-0.4, -0.2) is 6.61 Å². The van der Waals surface area contributed by atoms with Gasteiger partial charge in [-0.25, -0.2) is 4.39 Å². The van der Waals surface area contributed by atoms with Gasteiger partial charge in [0.1, 0.15) is 16.6 Å². The number of ether oxygens (including phenoxy) is 1. The second-order valence-electron chi connectivity index (χ2n) is 3.70. The second-order valence-corrected chi connectivity index (χ2v) is 4.46. The first-order valence-corrected chi connectivity index (χ1v) is 5.54. The Morgan fingerprint density at radius 2 is 1.93 bits per heavy atom. The molecule has 1 rings (SSSR count). The number of halogens is 3. The van der Waals surface area contributed by atoms with Crippen LogP contribution in [0.4, 0.5) is 4.39 Å². The molecule has 0 radical (unpaired) electrons. The summed E-state index contributed by atoms with van der Waals surface area (Å²) >= 11 is 11.5. The molecule has 1 aromatic rings. The molecule has 0 amide bonds. The van der Waals surface area contributed by atoms with E-state index in [0.29, 0.717) is 18.3 Å². The van der Waals surface area contributed by atoms with Crippen molar-refractivity contribution in [2.45, 2.75) is 20.3 Å². The minimum atomic E-state index is -0.530. The lowest BCUT2D eigenvalue weighted by molar-refractivity contribution is 0.289. The van der Waals surface area contributed by atoms with Crippen molar-refractivity contribution in [3.8, 4) is 5.75 Å². The van der Waals surface area contributed by atoms with Gasteiger partial charge >= 0.3 is 0 Å². The highest BCUT2D eigenvalue weighted by molar-refractivity contribution is 6.43. The van der Waals surface area contributed by atoms with Gasteiger partial charge in [0.25, 0.3) is 0 Å². The average molecular weight is 251 g/mol. The maximum atomic E-state index is 12.9. The van der Waals surface area contributed by atoms with Gasteiger partial charge in [0.15, 0.2) is 0 Å². The van der Waals surface area contributed by atoms with Crippen LogP contribution in [0.2, 0.25) is 10.0 Å². The van der Waals surface area contributed by atoms with Crippen molar-refractivity contribution in [3.05, 3.63) is 28.0 Å². The molecule has 0 unspecified atom stereocenters. The predicted molar refractivity (Wildman–Crippen MR) is 61.4 cm³/mol. The summed E-state index contributed by atoms with van der Waals surface area (Å²) in [5.74, 6) is 0.460. The maximum Gasteiger partial charge on any atom is 0.143 e. The molecule has 0 saturated heterocycles. The van der Waals surface area contributed by atoms with Crippen molar-refractivity contribution >= 4 is 23.2 Å². The summed E-state index contributed by atoms with van der Waals surface area (Å²) in [6.07, 6.45) is 0.922. The molecule has 0 saturated carbocycles. The summed E-state index contributed by atoms with van der Waals surface area (Å²) in [7, 11) is 0. The van der Waals surface area contributed by atoms with Crippen molar-refractivity contribution in [2.75, 3.05) is 6.61 Å². The fourth-order valence-corrected chi connectivity index (χ4v) is 1.39. The molecule has 0 N–H and O–H groups in total. The van der Waals surface area contributed by atoms with Crippen LogP contribution in [0.3, 0.4) is 0 Å². The Morgan fingerprint density at radius 3 is 2.53 bits per heavy atom. The first kappa shape index (κ1) is 12.6. The molecule has 0 aliphatic carbocycles. The van der Waals surface area contributed by atoms with E-state index in [9.17, 15) is 4.39 Å². The van der Waals surface area contributed by atoms with E-state index in [1.165, 1.54) is 12.1 Å². The smallest absolute Gasteiger partial charge is 0.143 e. The number of hydrogen-bond acceptors (Lipinski definition) is 1. The lowest BCUT2D eigenvalue weighted by atomic mass is 10.1. The van der Waals surface area contributed by atoms with Gasteiger partial charge in [0, 0.05) is 0 Å². The summed E-state index contributed by atoms with van der Waals surface area (Å²) in [6.45, 7) is 4.75. The summed E-state index contributed by atoms with van der Waals surface area (Å²) in [5, 5.41) is 0.0548. The van der Waals surface area contributed by atoms with Gasteiger partial charge in [0.2, 0.25) is 0 Å². The molecule has 1 nitrogen and oxygen atoms in total. The molecular weight excluding hydrogens is 238 g/mol. The zero-order chi connectivity index (χ0) is 11.4. The van der Waals surface area contributed by atoms with Crippen LogP contribution in [0.5, 0.6) is 5.75 Å². The quantitative estimate of drug-likeness (QED) is 0.713. The second kappa shape index (κ2) is 5.57. The van der Waals surface area contributed by atoms with Gasteiger partial charge in [0.05, 0.1) is 11.6 Å². The van der Waals surface area contributed by atoms with Gasteiger partial charge < -0.3 is 4.74 Å². The third kappa shape index (κ3) is 3.54. The SMILES string of the molecule is CC(C)CCOc1ccc(F)c(Cl)c1Cl. The van der Waals surface area contributed by atoms with E-state index in [1.807, 2.05) is 0 Å². The molecule has 0 aromatic heterocycles. The first-order chi connectivity index (χ1) is 7.02. The minimum Gasteiger partial charge on any atom is -0.492 e. The van der Waals surface area contributed by atoms with E-state index in [4.69, 9.17) is 27.9 Å². The predicted octanol–water partition coefficient (Wildman–Crippen LogP) is 4.56. The van der Waals surface area contributed by atoms with Crippen LogP contribution in [0.15, 0.2) is 12.1 Å². The topological polar surface area (TPSA) is 9.23 Å². The van der Waals surface area contributed by atoms with Gasteiger partial charge in [-0.2, -0.15) is 0 Å². The third-order valence-electron chi connectivity index (χ3n) is 1.95. The highest BCUT2D eigenvalue weighted by atomic mass is 35.5. The highest BCUT2D eigenvalue weighted by Crippen LogP contribution is 2.33. The minimum absolute atomic E-state index is 0.0845. The summed E-state index contributed by atoms with van der Waals surface area (Å²) in [5.41, 5.74) is 0. The van der Waals surface area contributed by atoms with E-state index in [-0.39, 0.29) is 10.0 Å². The monoisotopic (exact) mass is 250 g/mol. The average Bonchev–Trinajstić information content (AvgIpc) is 2.18. The fourth-order valence-electron chi connectivity index (χ4n) is 1.02. The molecule has 0 fully saturated rings. The molecule has 0 atom stereocenters. The Labute approximate surface area is 99.1 Å². The number of benzene rings is 1. The van der Waals surface area contributed by atoms with Crippen molar-refractivity contribution in [1.29, 1.82) is 0 Å². The Balaban J connectivity index is 2.66. The van der Waals surface area contributed by atoms with Crippen LogP contribution in [0.25, 0.3) is 0 Å². The largest absolute Gasteiger partial charge is 0.492 e. The molecule has 0 aliphatic rings. The fraction of sp³-hybridized carbons (Fsp3) is 0.455. The van der Waals surface area contributed by atoms with Gasteiger partial charge in [-0.3, -0.25) is 0 Å². The lowest BCUT2D eigenvalue weighted by Gasteiger charge is -2.10. The van der Waals surface area contributed by atoms with Crippen molar-refractivity contribution in [1.82, 2.24) is 0 Å². The van der Waals surface area contributed by atoms with Crippen molar-refractivity contribution in [3.63, 3.8) is 0 Å². The van der Waals surface area contributed by atoms with E-state index in [2.05, 4.69) is 13.8 Å². The Bertz CT molecular complexity index is 340. The standard InChI is InChI=1S/C11H13Cl2FO/c1-7(2)5-6-15-9-4-3-8(14)10(12)11(9)13/h3-4,7H,5-6H2,1-2H3. The molecule has 15 heavy (non-hydrogen) atoms. The van der Waals surface area contributed by atoms with Crippen LogP contribution in [-0.2, 0) is 0 Å². The van der Waals surface area contributed by atoms with Crippen molar-refractivity contribution in [2.24, 2.45) is 5.92 Å². The van der Waals surface area contributed by atoms with Crippen molar-refractivity contribution < 1.29 is 9.13 Å². The van der Waals surface area contributed by atoms with E-state index >= 15 is 0 Å². The van der Waals surface area contributed by atoms with Crippen LogP contribution in [0, 0.1) is 11.7 Å². The first-order valence-electron chi connectivity index (χ1n) is 4.78. The maximum absolute atomic E-state index is 12.9. The molecule has 4 heteroatoms. The molecule has 0 spiro atoms. The Morgan fingerprint density at radius 1 is 1.27 bits per heavy atom.